The Bertz CT molecular complexity index is 1770. The maximum Gasteiger partial charge on any atom is 0.331 e. The van der Waals surface area contributed by atoms with Gasteiger partial charge in [-0.1, -0.05) is 0 Å². The third-order valence-electron chi connectivity index (χ3n) is 7.81. The van der Waals surface area contributed by atoms with Gasteiger partial charge >= 0.3 is 6.03 Å². The molecule has 3 aliphatic rings. The average Bonchev–Trinajstić information content (AvgIpc) is 3.88. The fraction of sp³-hybridized carbons (Fsp3) is 0.393. The molecule has 7 rings (SSSR count). The second-order valence-electron chi connectivity index (χ2n) is 11.1. The SMILES string of the molecule is Cc1ccnc([C@H]2C[C@@H]2C(=O)Nc2nc(C)nc(NCc3cn4cc(C5CC5)cc(N5CC(=O)N(C)C5=O)c4n3)n2)n1. The summed E-state index contributed by atoms with van der Waals surface area (Å²) in [6, 6.07) is 3.44. The van der Waals surface area contributed by atoms with Crippen LogP contribution in [0.1, 0.15) is 59.7 Å². The van der Waals surface area contributed by atoms with Crippen LogP contribution < -0.4 is 15.5 Å². The lowest BCUT2D eigenvalue weighted by Crippen LogP contribution is -2.30. The molecule has 1 aliphatic heterocycles. The molecule has 0 radical (unpaired) electrons. The smallest absolute Gasteiger partial charge is 0.331 e. The Hall–Kier alpha value is -5.01. The highest BCUT2D eigenvalue weighted by molar-refractivity contribution is 6.13. The summed E-state index contributed by atoms with van der Waals surface area (Å²) in [6.45, 7) is 3.90. The van der Waals surface area contributed by atoms with Gasteiger partial charge in [-0.3, -0.25) is 24.7 Å². The largest absolute Gasteiger partial charge is 0.348 e. The molecular weight excluding hydrogens is 538 g/mol. The van der Waals surface area contributed by atoms with E-state index >= 15 is 0 Å². The van der Waals surface area contributed by atoms with Gasteiger partial charge in [-0.2, -0.15) is 15.0 Å². The van der Waals surface area contributed by atoms with Crippen LogP contribution in [-0.4, -0.2) is 70.6 Å². The number of rotatable bonds is 8. The van der Waals surface area contributed by atoms with E-state index in [0.29, 0.717) is 53.5 Å². The first-order valence-electron chi connectivity index (χ1n) is 13.9. The number of nitrogens with zero attached hydrogens (tertiary/aromatic N) is 9. The van der Waals surface area contributed by atoms with Crippen molar-refractivity contribution in [1.29, 1.82) is 0 Å². The molecule has 14 heteroatoms. The molecule has 2 atom stereocenters. The zero-order valence-corrected chi connectivity index (χ0v) is 23.4. The highest BCUT2D eigenvalue weighted by Gasteiger charge is 2.46. The molecule has 0 unspecified atom stereocenters. The van der Waals surface area contributed by atoms with E-state index in [4.69, 9.17) is 4.98 Å². The van der Waals surface area contributed by atoms with E-state index in [1.165, 1.54) is 11.9 Å². The maximum atomic E-state index is 12.9. The molecule has 5 heterocycles. The predicted octanol–water partition coefficient (Wildman–Crippen LogP) is 2.56. The average molecular weight is 568 g/mol. The number of likely N-dealkylation sites (N-methyl/N-ethyl adjacent to an activating group) is 1. The van der Waals surface area contributed by atoms with Crippen LogP contribution in [0.2, 0.25) is 0 Å². The van der Waals surface area contributed by atoms with E-state index in [0.717, 1.165) is 29.0 Å². The van der Waals surface area contributed by atoms with Gasteiger partial charge in [0.05, 0.1) is 17.9 Å². The van der Waals surface area contributed by atoms with Crippen LogP contribution in [0, 0.1) is 19.8 Å². The monoisotopic (exact) mass is 567 g/mol. The minimum Gasteiger partial charge on any atom is -0.348 e. The second-order valence-corrected chi connectivity index (χ2v) is 11.1. The second kappa shape index (κ2) is 9.82. The normalized spacial score (nSPS) is 20.0. The van der Waals surface area contributed by atoms with Crippen LogP contribution >= 0.6 is 0 Å². The quantitative estimate of drug-likeness (QED) is 0.302. The lowest BCUT2D eigenvalue weighted by Gasteiger charge is -2.17. The summed E-state index contributed by atoms with van der Waals surface area (Å²) in [5.41, 5.74) is 3.88. The van der Waals surface area contributed by atoms with Gasteiger partial charge in [0.1, 0.15) is 18.2 Å². The molecule has 2 saturated carbocycles. The fourth-order valence-corrected chi connectivity index (χ4v) is 5.27. The lowest BCUT2D eigenvalue weighted by atomic mass is 10.1. The summed E-state index contributed by atoms with van der Waals surface area (Å²) >= 11 is 0. The van der Waals surface area contributed by atoms with E-state index in [2.05, 4.69) is 35.6 Å². The predicted molar refractivity (Wildman–Crippen MR) is 151 cm³/mol. The van der Waals surface area contributed by atoms with Crippen molar-refractivity contribution >= 4 is 41.1 Å². The van der Waals surface area contributed by atoms with Crippen molar-refractivity contribution in [3.63, 3.8) is 0 Å². The number of carbonyl (C=O) groups is 3. The van der Waals surface area contributed by atoms with Crippen LogP contribution in [0.15, 0.2) is 30.7 Å². The van der Waals surface area contributed by atoms with Crippen molar-refractivity contribution in [2.45, 2.75) is 51.5 Å². The Morgan fingerprint density at radius 2 is 1.86 bits per heavy atom. The highest BCUT2D eigenvalue weighted by Crippen LogP contribution is 2.46. The molecule has 4 aromatic rings. The van der Waals surface area contributed by atoms with Gasteiger partial charge < -0.3 is 9.72 Å². The number of aryl methyl sites for hydroxylation is 2. The molecule has 42 heavy (non-hydrogen) atoms. The summed E-state index contributed by atoms with van der Waals surface area (Å²) in [5.74, 6) is 1.36. The fourth-order valence-electron chi connectivity index (χ4n) is 5.27. The number of carbonyl (C=O) groups excluding carboxylic acids is 3. The van der Waals surface area contributed by atoms with E-state index < -0.39 is 0 Å². The molecule has 2 N–H and O–H groups in total. The van der Waals surface area contributed by atoms with E-state index in [-0.39, 0.29) is 42.2 Å². The molecule has 0 aromatic carbocycles. The van der Waals surface area contributed by atoms with Crippen molar-refractivity contribution < 1.29 is 14.4 Å². The number of imidazole rings is 1. The van der Waals surface area contributed by atoms with Crippen molar-refractivity contribution in [2.24, 2.45) is 5.92 Å². The molecule has 4 aromatic heterocycles. The zero-order valence-electron chi connectivity index (χ0n) is 23.4. The van der Waals surface area contributed by atoms with Gasteiger partial charge in [0, 0.05) is 43.2 Å². The van der Waals surface area contributed by atoms with Gasteiger partial charge in [0.25, 0.3) is 0 Å². The third-order valence-corrected chi connectivity index (χ3v) is 7.81. The van der Waals surface area contributed by atoms with Crippen LogP contribution in [0.5, 0.6) is 0 Å². The molecule has 3 fully saturated rings. The maximum absolute atomic E-state index is 12.9. The number of hydrogen-bond acceptors (Lipinski definition) is 10. The Balaban J connectivity index is 1.07. The standard InChI is InChI=1S/C28H29N11O3/c1-14-6-7-29-23(31-14)19-9-20(19)25(41)35-27-33-15(2)32-26(36-27)30-10-18-12-38-11-17(16-4-5-16)8-21(24(38)34-18)39-13-22(40)37(3)28(39)42/h6-8,11-12,16,19-20H,4-5,9-10,13H2,1-3H3,(H2,30,32,33,35,36,41)/t19-,20-/m0/s1. The minimum atomic E-state index is -0.364. The van der Waals surface area contributed by atoms with Crippen molar-refractivity contribution in [1.82, 2.24) is 39.2 Å². The molecule has 1 saturated heterocycles. The summed E-state index contributed by atoms with van der Waals surface area (Å²) in [7, 11) is 1.49. The number of hydrogen-bond donors (Lipinski definition) is 2. The number of amides is 4. The number of anilines is 3. The summed E-state index contributed by atoms with van der Waals surface area (Å²) < 4.78 is 1.91. The zero-order chi connectivity index (χ0) is 29.1. The number of imide groups is 1. The van der Waals surface area contributed by atoms with Crippen molar-refractivity contribution in [2.75, 3.05) is 29.1 Å². The van der Waals surface area contributed by atoms with Crippen LogP contribution in [0.4, 0.5) is 22.4 Å². The summed E-state index contributed by atoms with van der Waals surface area (Å²) in [6.07, 6.45) is 8.50. The molecule has 0 bridgehead atoms. The van der Waals surface area contributed by atoms with E-state index in [9.17, 15) is 14.4 Å². The van der Waals surface area contributed by atoms with E-state index in [1.54, 1.807) is 13.1 Å². The lowest BCUT2D eigenvalue weighted by molar-refractivity contribution is -0.124. The van der Waals surface area contributed by atoms with Gasteiger partial charge in [-0.25, -0.2) is 19.7 Å². The van der Waals surface area contributed by atoms with Crippen LogP contribution in [0.3, 0.4) is 0 Å². The molecule has 14 nitrogen and oxygen atoms in total. The number of fused-ring (bicyclic) bond motifs is 1. The number of pyridine rings is 1. The van der Waals surface area contributed by atoms with Crippen molar-refractivity contribution in [3.8, 4) is 0 Å². The summed E-state index contributed by atoms with van der Waals surface area (Å²) in [4.78, 5) is 67.1. The number of aromatic nitrogens is 7. The summed E-state index contributed by atoms with van der Waals surface area (Å²) in [5, 5.41) is 5.98. The van der Waals surface area contributed by atoms with Crippen molar-refractivity contribution in [3.05, 3.63) is 59.3 Å². The van der Waals surface area contributed by atoms with Gasteiger partial charge in [0.2, 0.25) is 23.7 Å². The first-order chi connectivity index (χ1) is 20.2. The third kappa shape index (κ3) is 4.88. The Morgan fingerprint density at radius 1 is 1.05 bits per heavy atom. The molecule has 214 valence electrons. The molecule has 0 spiro atoms. The van der Waals surface area contributed by atoms with Gasteiger partial charge in [0.15, 0.2) is 5.65 Å². The first-order valence-corrected chi connectivity index (χ1v) is 13.9. The van der Waals surface area contributed by atoms with Crippen LogP contribution in [0.25, 0.3) is 5.65 Å². The molecule has 4 amide bonds. The van der Waals surface area contributed by atoms with E-state index in [1.807, 2.05) is 35.9 Å². The van der Waals surface area contributed by atoms with Gasteiger partial charge in [-0.15, -0.1) is 0 Å². The Morgan fingerprint density at radius 3 is 2.60 bits per heavy atom. The number of nitrogens with one attached hydrogen (secondary N) is 2. The Kier molecular flexibility index (Phi) is 6.06. The molecular formula is C28H29N11O3. The Labute approximate surface area is 240 Å². The van der Waals surface area contributed by atoms with Crippen LogP contribution in [-0.2, 0) is 16.1 Å². The topological polar surface area (TPSA) is 164 Å². The highest BCUT2D eigenvalue weighted by atomic mass is 16.2. The molecule has 2 aliphatic carbocycles. The first kappa shape index (κ1) is 25.9. The minimum absolute atomic E-state index is 0.0137. The number of urea groups is 1. The van der Waals surface area contributed by atoms with Gasteiger partial charge in [-0.05, 0) is 56.7 Å².